The zero-order valence-corrected chi connectivity index (χ0v) is 18.8. The van der Waals surface area contributed by atoms with E-state index < -0.39 is 18.8 Å². The highest BCUT2D eigenvalue weighted by molar-refractivity contribution is 5.78. The van der Waals surface area contributed by atoms with E-state index in [1.807, 2.05) is 48.5 Å². The van der Waals surface area contributed by atoms with Crippen LogP contribution in [0.25, 0.3) is 11.1 Å². The molecular weight excluding hydrogens is 434 g/mol. The molecule has 0 spiro atoms. The molecule has 176 valence electrons. The Balaban J connectivity index is 1.37. The Bertz CT molecular complexity index is 1170. The van der Waals surface area contributed by atoms with Gasteiger partial charge in [-0.15, -0.1) is 0 Å². The Morgan fingerprint density at radius 1 is 1.12 bits per heavy atom. The number of aliphatic hydroxyl groups excluding tert-OH is 3. The van der Waals surface area contributed by atoms with Crippen molar-refractivity contribution in [1.29, 1.82) is 0 Å². The van der Waals surface area contributed by atoms with Crippen LogP contribution in [0.1, 0.15) is 30.5 Å². The SMILES string of the molecule is C[C@H](O)c1nccn1[C@@H](C#Cc1ccc(-c2ccc(OC3CN(C(=O)CO)C3)cc2)cc1)CO. The van der Waals surface area contributed by atoms with Crippen molar-refractivity contribution < 1.29 is 24.9 Å². The van der Waals surface area contributed by atoms with Crippen LogP contribution < -0.4 is 4.74 Å². The third kappa shape index (κ3) is 5.29. The van der Waals surface area contributed by atoms with Crippen molar-refractivity contribution in [3.63, 3.8) is 0 Å². The number of hydrogen-bond acceptors (Lipinski definition) is 6. The standard InChI is InChI=1S/C26H27N3O5/c1-18(32)26-27-12-13-29(26)22(16-30)9-4-19-2-5-20(6-3-19)21-7-10-23(11-8-21)34-24-14-28(15-24)25(33)17-31/h2-3,5-8,10-13,18,22,24,30-32H,14-17H2,1H3/t18-,22-/m0/s1. The molecule has 0 aliphatic carbocycles. The lowest BCUT2D eigenvalue weighted by atomic mass is 10.0. The summed E-state index contributed by atoms with van der Waals surface area (Å²) in [4.78, 5) is 17.1. The first-order valence-corrected chi connectivity index (χ1v) is 11.1. The molecular formula is C26H27N3O5. The number of hydrogen-bond donors (Lipinski definition) is 3. The van der Waals surface area contributed by atoms with Gasteiger partial charge in [-0.2, -0.15) is 0 Å². The molecule has 1 amide bonds. The molecule has 1 aliphatic heterocycles. The van der Waals surface area contributed by atoms with Crippen LogP contribution in [-0.2, 0) is 4.79 Å². The van der Waals surface area contributed by atoms with Gasteiger partial charge in [-0.1, -0.05) is 36.1 Å². The second kappa shape index (κ2) is 10.5. The van der Waals surface area contributed by atoms with Gasteiger partial charge < -0.3 is 29.5 Å². The first kappa shape index (κ1) is 23.5. The number of aromatic nitrogens is 2. The minimum Gasteiger partial charge on any atom is -0.487 e. The molecule has 34 heavy (non-hydrogen) atoms. The van der Waals surface area contributed by atoms with Crippen molar-refractivity contribution in [3.8, 4) is 28.7 Å². The molecule has 3 N–H and O–H groups in total. The molecule has 0 bridgehead atoms. The van der Waals surface area contributed by atoms with Crippen LogP contribution in [0.2, 0.25) is 0 Å². The van der Waals surface area contributed by atoms with E-state index in [1.54, 1.807) is 28.8 Å². The van der Waals surface area contributed by atoms with Crippen LogP contribution in [0, 0.1) is 11.8 Å². The van der Waals surface area contributed by atoms with E-state index in [4.69, 9.17) is 9.84 Å². The molecule has 0 unspecified atom stereocenters. The number of amides is 1. The van der Waals surface area contributed by atoms with E-state index in [2.05, 4.69) is 16.8 Å². The monoisotopic (exact) mass is 461 g/mol. The highest BCUT2D eigenvalue weighted by Gasteiger charge is 2.31. The summed E-state index contributed by atoms with van der Waals surface area (Å²) in [5, 5.41) is 28.5. The maximum absolute atomic E-state index is 11.4. The number of imidazole rings is 1. The Morgan fingerprint density at radius 2 is 1.76 bits per heavy atom. The number of nitrogens with zero attached hydrogens (tertiary/aromatic N) is 3. The Kier molecular flexibility index (Phi) is 7.28. The molecule has 3 aromatic rings. The lowest BCUT2D eigenvalue weighted by molar-refractivity contribution is -0.142. The number of aliphatic hydroxyl groups is 3. The van der Waals surface area contributed by atoms with Gasteiger partial charge >= 0.3 is 0 Å². The van der Waals surface area contributed by atoms with E-state index in [1.165, 1.54) is 0 Å². The second-order valence-electron chi connectivity index (χ2n) is 8.13. The van der Waals surface area contributed by atoms with Crippen molar-refractivity contribution >= 4 is 5.91 Å². The first-order valence-electron chi connectivity index (χ1n) is 11.1. The zero-order valence-electron chi connectivity index (χ0n) is 18.8. The van der Waals surface area contributed by atoms with Crippen molar-refractivity contribution in [3.05, 3.63) is 72.3 Å². The minimum absolute atomic E-state index is 0.0547. The van der Waals surface area contributed by atoms with Gasteiger partial charge in [0, 0.05) is 18.0 Å². The predicted molar refractivity (Wildman–Crippen MR) is 126 cm³/mol. The maximum atomic E-state index is 11.4. The fraction of sp³-hybridized carbons (Fsp3) is 0.308. The van der Waals surface area contributed by atoms with Gasteiger partial charge in [-0.05, 0) is 42.3 Å². The lowest BCUT2D eigenvalue weighted by Gasteiger charge is -2.38. The van der Waals surface area contributed by atoms with Crippen LogP contribution in [0.3, 0.4) is 0 Å². The average Bonchev–Trinajstić information content (AvgIpc) is 3.32. The van der Waals surface area contributed by atoms with Crippen LogP contribution in [0.5, 0.6) is 5.75 Å². The molecule has 4 rings (SSSR count). The third-order valence-electron chi connectivity index (χ3n) is 5.68. The summed E-state index contributed by atoms with van der Waals surface area (Å²) in [5.41, 5.74) is 2.88. The topological polar surface area (TPSA) is 108 Å². The summed E-state index contributed by atoms with van der Waals surface area (Å²) < 4.78 is 7.55. The Labute approximate surface area is 198 Å². The summed E-state index contributed by atoms with van der Waals surface area (Å²) >= 11 is 0. The van der Waals surface area contributed by atoms with Crippen molar-refractivity contribution in [2.45, 2.75) is 25.2 Å². The highest BCUT2D eigenvalue weighted by atomic mass is 16.5. The van der Waals surface area contributed by atoms with Gasteiger partial charge in [0.2, 0.25) is 5.91 Å². The van der Waals surface area contributed by atoms with Crippen LogP contribution in [-0.4, -0.2) is 68.1 Å². The number of carbonyl (C=O) groups is 1. The summed E-state index contributed by atoms with van der Waals surface area (Å²) in [6.45, 7) is 1.94. The fourth-order valence-corrected chi connectivity index (χ4v) is 3.76. The molecule has 8 heteroatoms. The molecule has 2 heterocycles. The number of rotatable bonds is 7. The summed E-state index contributed by atoms with van der Waals surface area (Å²) in [6, 6.07) is 15.1. The Hall–Kier alpha value is -3.64. The van der Waals surface area contributed by atoms with Crippen LogP contribution in [0.15, 0.2) is 60.9 Å². The molecule has 1 saturated heterocycles. The molecule has 8 nitrogen and oxygen atoms in total. The molecule has 0 radical (unpaired) electrons. The Morgan fingerprint density at radius 3 is 2.35 bits per heavy atom. The van der Waals surface area contributed by atoms with Gasteiger partial charge in [0.1, 0.15) is 36.4 Å². The second-order valence-corrected chi connectivity index (χ2v) is 8.13. The fourth-order valence-electron chi connectivity index (χ4n) is 3.76. The molecule has 1 fully saturated rings. The van der Waals surface area contributed by atoms with E-state index in [0.717, 1.165) is 22.4 Å². The number of carbonyl (C=O) groups excluding carboxylic acids is 1. The minimum atomic E-state index is -0.749. The zero-order chi connectivity index (χ0) is 24.1. The van der Waals surface area contributed by atoms with Crippen LogP contribution >= 0.6 is 0 Å². The number of ether oxygens (including phenoxy) is 1. The van der Waals surface area contributed by atoms with Crippen molar-refractivity contribution in [2.75, 3.05) is 26.3 Å². The quantitative estimate of drug-likeness (QED) is 0.463. The largest absolute Gasteiger partial charge is 0.487 e. The smallest absolute Gasteiger partial charge is 0.248 e. The third-order valence-corrected chi connectivity index (χ3v) is 5.68. The summed E-state index contributed by atoms with van der Waals surface area (Å²) in [6.07, 6.45) is 2.47. The maximum Gasteiger partial charge on any atom is 0.248 e. The van der Waals surface area contributed by atoms with Gasteiger partial charge in [-0.3, -0.25) is 4.79 Å². The van der Waals surface area contributed by atoms with E-state index in [0.29, 0.717) is 18.9 Å². The van der Waals surface area contributed by atoms with Crippen molar-refractivity contribution in [2.24, 2.45) is 0 Å². The lowest BCUT2D eigenvalue weighted by Crippen LogP contribution is -2.56. The average molecular weight is 462 g/mol. The molecule has 2 atom stereocenters. The number of likely N-dealkylation sites (tertiary alicyclic amines) is 1. The first-order chi connectivity index (χ1) is 16.5. The van der Waals surface area contributed by atoms with E-state index in [9.17, 15) is 15.0 Å². The predicted octanol–water partition coefficient (Wildman–Crippen LogP) is 1.77. The van der Waals surface area contributed by atoms with Gasteiger partial charge in [-0.25, -0.2) is 4.98 Å². The summed E-state index contributed by atoms with van der Waals surface area (Å²) in [5.74, 6) is 7.05. The molecule has 1 aliphatic rings. The van der Waals surface area contributed by atoms with Gasteiger partial charge in [0.25, 0.3) is 0 Å². The molecule has 1 aromatic heterocycles. The van der Waals surface area contributed by atoms with Crippen molar-refractivity contribution in [1.82, 2.24) is 14.5 Å². The van der Waals surface area contributed by atoms with E-state index in [-0.39, 0.29) is 18.6 Å². The normalized spacial score (nSPS) is 15.1. The van der Waals surface area contributed by atoms with Crippen LogP contribution in [0.4, 0.5) is 0 Å². The molecule has 0 saturated carbocycles. The summed E-state index contributed by atoms with van der Waals surface area (Å²) in [7, 11) is 0. The van der Waals surface area contributed by atoms with E-state index >= 15 is 0 Å². The van der Waals surface area contributed by atoms with Gasteiger partial charge in [0.05, 0.1) is 19.7 Å². The highest BCUT2D eigenvalue weighted by Crippen LogP contribution is 2.25. The molecule has 2 aromatic carbocycles. The number of benzene rings is 2. The van der Waals surface area contributed by atoms with Gasteiger partial charge in [0.15, 0.2) is 0 Å².